The molecule has 1 saturated heterocycles. The Morgan fingerprint density at radius 3 is 2.53 bits per heavy atom. The molecule has 0 bridgehead atoms. The molecule has 2 saturated carbocycles. The van der Waals surface area contributed by atoms with Gasteiger partial charge in [0.15, 0.2) is 11.3 Å². The van der Waals surface area contributed by atoms with Crippen molar-refractivity contribution in [1.29, 1.82) is 0 Å². The number of aryl methyl sites for hydroxylation is 1. The molecule has 3 fully saturated rings. The van der Waals surface area contributed by atoms with Crippen LogP contribution >= 0.6 is 0 Å². The van der Waals surface area contributed by atoms with Crippen LogP contribution in [0.1, 0.15) is 84.1 Å². The smallest absolute Gasteiger partial charge is 0.408 e. The fraction of sp³-hybridized carbons (Fsp3) is 0.477. The van der Waals surface area contributed by atoms with Gasteiger partial charge in [0.1, 0.15) is 40.4 Å². The SMILES string of the molecule is Cc1ccc(-c2cc(O[C@@H]3C[C@H]4C(=O)N[C@]5(C(=O)NS(=O)(=O)C6CC6)C[C@H]5C=CCCCCC[C@H](NC(=O)OC(C)(C)C)C(=O)N4C3)c3oc4ccccc4c3n2)cc1. The number of aromatic nitrogens is 1. The van der Waals surface area contributed by atoms with Gasteiger partial charge in [-0.2, -0.15) is 0 Å². The number of alkyl carbamates (subject to hydrolysis) is 1. The Kier molecular flexibility index (Phi) is 10.7. The summed E-state index contributed by atoms with van der Waals surface area (Å²) in [5, 5.41) is 5.84. The van der Waals surface area contributed by atoms with Gasteiger partial charge in [-0.1, -0.05) is 67.0 Å². The minimum atomic E-state index is -3.91. The number of pyridine rings is 1. The van der Waals surface area contributed by atoms with Crippen LogP contribution in [-0.4, -0.2) is 83.2 Å². The lowest BCUT2D eigenvalue weighted by molar-refractivity contribution is -0.141. The molecule has 2 aliphatic carbocycles. The number of hydrogen-bond acceptors (Lipinski definition) is 10. The molecule has 15 heteroatoms. The van der Waals surface area contributed by atoms with Gasteiger partial charge < -0.3 is 29.4 Å². The molecule has 3 N–H and O–H groups in total. The molecule has 59 heavy (non-hydrogen) atoms. The van der Waals surface area contributed by atoms with Crippen LogP contribution in [0.3, 0.4) is 0 Å². The number of carbonyl (C=O) groups is 4. The maximum Gasteiger partial charge on any atom is 0.408 e. The van der Waals surface area contributed by atoms with Gasteiger partial charge in [0.2, 0.25) is 21.8 Å². The number of nitrogens with zero attached hydrogens (tertiary/aromatic N) is 2. The summed E-state index contributed by atoms with van der Waals surface area (Å²) in [5.41, 5.74) is 1.88. The number of nitrogens with one attached hydrogen (secondary N) is 3. The summed E-state index contributed by atoms with van der Waals surface area (Å²) in [7, 11) is -3.91. The van der Waals surface area contributed by atoms with Crippen LogP contribution < -0.4 is 20.1 Å². The molecule has 0 radical (unpaired) electrons. The van der Waals surface area contributed by atoms with Crippen LogP contribution in [0.5, 0.6) is 5.75 Å². The van der Waals surface area contributed by atoms with Gasteiger partial charge in [0.25, 0.3) is 5.91 Å². The maximum absolute atomic E-state index is 14.7. The van der Waals surface area contributed by atoms with Crippen molar-refractivity contribution in [2.75, 3.05) is 6.54 Å². The summed E-state index contributed by atoms with van der Waals surface area (Å²) in [4.78, 5) is 62.6. The zero-order chi connectivity index (χ0) is 41.7. The Morgan fingerprint density at radius 1 is 1.02 bits per heavy atom. The van der Waals surface area contributed by atoms with Crippen molar-refractivity contribution in [2.24, 2.45) is 5.92 Å². The molecule has 14 nitrogen and oxygen atoms in total. The van der Waals surface area contributed by atoms with Crippen molar-refractivity contribution in [2.45, 2.75) is 120 Å². The lowest BCUT2D eigenvalue weighted by Crippen LogP contribution is -2.58. The first-order chi connectivity index (χ1) is 28.1. The topological polar surface area (TPSA) is 186 Å². The Balaban J connectivity index is 1.15. The normalized spacial score (nSPS) is 25.3. The lowest BCUT2D eigenvalue weighted by Gasteiger charge is -2.30. The van der Waals surface area contributed by atoms with Crippen molar-refractivity contribution in [1.82, 2.24) is 25.2 Å². The van der Waals surface area contributed by atoms with Gasteiger partial charge in [-0.3, -0.25) is 19.1 Å². The largest absolute Gasteiger partial charge is 0.484 e. The van der Waals surface area contributed by atoms with Gasteiger partial charge in [0.05, 0.1) is 17.5 Å². The Morgan fingerprint density at radius 2 is 1.78 bits per heavy atom. The fourth-order valence-corrected chi connectivity index (χ4v) is 9.45. The van der Waals surface area contributed by atoms with Gasteiger partial charge in [-0.05, 0) is 78.4 Å². The highest BCUT2D eigenvalue weighted by Gasteiger charge is 2.62. The van der Waals surface area contributed by atoms with Crippen molar-refractivity contribution in [3.63, 3.8) is 0 Å². The van der Waals surface area contributed by atoms with Gasteiger partial charge in [-0.25, -0.2) is 18.2 Å². The average Bonchev–Trinajstić information content (AvgIpc) is 4.08. The van der Waals surface area contributed by atoms with Crippen LogP contribution in [0.2, 0.25) is 0 Å². The van der Waals surface area contributed by atoms with Gasteiger partial charge in [0, 0.05) is 29.4 Å². The first-order valence-corrected chi connectivity index (χ1v) is 22.1. The van der Waals surface area contributed by atoms with Crippen molar-refractivity contribution in [3.05, 3.63) is 72.3 Å². The number of amides is 4. The van der Waals surface area contributed by atoms with E-state index in [1.54, 1.807) is 26.8 Å². The zero-order valence-electron chi connectivity index (χ0n) is 33.8. The van der Waals surface area contributed by atoms with E-state index in [0.29, 0.717) is 60.2 Å². The molecule has 2 aromatic carbocycles. The summed E-state index contributed by atoms with van der Waals surface area (Å²) in [5.74, 6) is -1.99. The standard InChI is InChI=1S/C44H51N5O9S/c1-26-16-18-27(19-17-26)33-23-36(38-37(45-33)31-13-10-11-15-35(31)57-38)56-29-22-34-39(50)47-44(41(52)48-59(54,55)30-20-21-30)24-28(44)12-8-6-5-7-9-14-32(40(51)49(34)25-29)46-42(53)58-43(2,3)4/h8,10-13,15-19,23,28-30,32,34H,5-7,9,14,20-22,24-25H2,1-4H3,(H,46,53)(H,47,50)(H,48,52)/t28-,29-,32+,34+,44-/m1/s1. The third-order valence-corrected chi connectivity index (χ3v) is 13.3. The summed E-state index contributed by atoms with van der Waals surface area (Å²) in [6.07, 6.45) is 6.63. The number of sulfonamides is 1. The van der Waals surface area contributed by atoms with Crippen LogP contribution in [0.25, 0.3) is 33.3 Å². The van der Waals surface area contributed by atoms with Crippen molar-refractivity contribution < 1.29 is 41.5 Å². The third-order valence-electron chi connectivity index (χ3n) is 11.5. The monoisotopic (exact) mass is 825 g/mol. The van der Waals surface area contributed by atoms with Crippen molar-refractivity contribution >= 4 is 55.9 Å². The number of ether oxygens (including phenoxy) is 2. The summed E-state index contributed by atoms with van der Waals surface area (Å²) < 4.78 is 46.7. The first kappa shape index (κ1) is 40.3. The molecule has 2 aromatic heterocycles. The quantitative estimate of drug-likeness (QED) is 0.181. The molecular formula is C44H51N5O9S. The highest BCUT2D eigenvalue weighted by atomic mass is 32.2. The third kappa shape index (κ3) is 8.66. The molecule has 4 heterocycles. The Hall–Kier alpha value is -5.44. The first-order valence-electron chi connectivity index (χ1n) is 20.5. The zero-order valence-corrected chi connectivity index (χ0v) is 34.6. The predicted octanol–water partition coefficient (Wildman–Crippen LogP) is 6.20. The minimum Gasteiger partial charge on any atom is -0.484 e. The van der Waals surface area contributed by atoms with E-state index < -0.39 is 74.3 Å². The van der Waals surface area contributed by atoms with Gasteiger partial charge in [-0.15, -0.1) is 0 Å². The van der Waals surface area contributed by atoms with E-state index in [4.69, 9.17) is 18.9 Å². The fourth-order valence-electron chi connectivity index (χ4n) is 8.09. The van der Waals surface area contributed by atoms with E-state index >= 15 is 0 Å². The number of furan rings is 1. The molecule has 4 aromatic rings. The number of fused-ring (bicyclic) bond motifs is 5. The second kappa shape index (κ2) is 15.6. The number of rotatable bonds is 7. The van der Waals surface area contributed by atoms with E-state index in [1.165, 1.54) is 4.90 Å². The molecule has 4 amide bonds. The summed E-state index contributed by atoms with van der Waals surface area (Å²) in [6.45, 7) is 7.17. The van der Waals surface area contributed by atoms with E-state index in [-0.39, 0.29) is 19.4 Å². The number of hydrogen-bond donors (Lipinski definition) is 3. The van der Waals surface area contributed by atoms with E-state index in [9.17, 15) is 27.6 Å². The lowest BCUT2D eigenvalue weighted by atomic mass is 10.0. The van der Waals surface area contributed by atoms with Crippen LogP contribution in [0, 0.1) is 12.8 Å². The minimum absolute atomic E-state index is 0.0270. The molecule has 0 unspecified atom stereocenters. The van der Waals surface area contributed by atoms with Crippen LogP contribution in [-0.2, 0) is 29.1 Å². The number of allylic oxidation sites excluding steroid dienone is 1. The number of benzene rings is 2. The molecule has 4 aliphatic rings. The van der Waals surface area contributed by atoms with Crippen LogP contribution in [0.4, 0.5) is 4.79 Å². The maximum atomic E-state index is 14.7. The van der Waals surface area contributed by atoms with E-state index in [0.717, 1.165) is 29.4 Å². The van der Waals surface area contributed by atoms with Gasteiger partial charge >= 0.3 is 6.09 Å². The molecule has 5 atom stereocenters. The second-order valence-electron chi connectivity index (χ2n) is 17.3. The second-order valence-corrected chi connectivity index (χ2v) is 19.3. The van der Waals surface area contributed by atoms with Crippen LogP contribution in [0.15, 0.2) is 71.2 Å². The highest BCUT2D eigenvalue weighted by molar-refractivity contribution is 7.91. The predicted molar refractivity (Wildman–Crippen MR) is 221 cm³/mol. The van der Waals surface area contributed by atoms with E-state index in [1.807, 2.05) is 67.6 Å². The molecule has 312 valence electrons. The Labute approximate surface area is 343 Å². The number of carbonyl (C=O) groups excluding carboxylic acids is 4. The average molecular weight is 826 g/mol. The summed E-state index contributed by atoms with van der Waals surface area (Å²) in [6, 6.07) is 15.1. The molecule has 2 aliphatic heterocycles. The number of para-hydroxylation sites is 1. The molecule has 8 rings (SSSR count). The molecule has 0 spiro atoms. The van der Waals surface area contributed by atoms with Crippen molar-refractivity contribution in [3.8, 4) is 17.0 Å². The van der Waals surface area contributed by atoms with E-state index in [2.05, 4.69) is 15.4 Å². The Bertz CT molecular complexity index is 2440. The molecular weight excluding hydrogens is 775 g/mol. The highest BCUT2D eigenvalue weighted by Crippen LogP contribution is 2.46. The summed E-state index contributed by atoms with van der Waals surface area (Å²) >= 11 is 0.